The zero-order valence-corrected chi connectivity index (χ0v) is 18.2. The number of hydrogen-bond donors (Lipinski definition) is 1. The van der Waals surface area contributed by atoms with Gasteiger partial charge in [0.25, 0.3) is 0 Å². The van der Waals surface area contributed by atoms with E-state index >= 15 is 0 Å². The molecule has 0 bridgehead atoms. The van der Waals surface area contributed by atoms with Crippen LogP contribution < -0.4 is 9.26 Å². The molecule has 1 fully saturated rings. The molecule has 0 saturated heterocycles. The highest BCUT2D eigenvalue weighted by Gasteiger charge is 2.44. The minimum absolute atomic E-state index is 0.115. The maximum atomic E-state index is 13.4. The Bertz CT molecular complexity index is 846. The molecule has 6 nitrogen and oxygen atoms in total. The van der Waals surface area contributed by atoms with E-state index in [1.165, 1.54) is 7.11 Å². The van der Waals surface area contributed by atoms with Gasteiger partial charge < -0.3 is 14.4 Å². The summed E-state index contributed by atoms with van der Waals surface area (Å²) in [5.41, 5.74) is -0.196. The van der Waals surface area contributed by atoms with Gasteiger partial charge in [-0.15, -0.1) is 0 Å². The van der Waals surface area contributed by atoms with Gasteiger partial charge in [-0.25, -0.2) is 9.24 Å². The summed E-state index contributed by atoms with van der Waals surface area (Å²) in [6.45, 7) is 0.381. The van der Waals surface area contributed by atoms with Crippen LogP contribution in [0.1, 0.15) is 31.2 Å². The van der Waals surface area contributed by atoms with Crippen molar-refractivity contribution in [3.63, 3.8) is 0 Å². The molecule has 1 saturated carbocycles. The number of nitrogens with zero attached hydrogens (tertiary/aromatic N) is 1. The molecule has 1 aliphatic carbocycles. The summed E-state index contributed by atoms with van der Waals surface area (Å²) in [6.07, 6.45) is 3.43. The molecule has 158 valence electrons. The van der Waals surface area contributed by atoms with Crippen molar-refractivity contribution in [1.82, 2.24) is 4.67 Å². The molecule has 0 aromatic heterocycles. The Kier molecular flexibility index (Phi) is 7.01. The van der Waals surface area contributed by atoms with Gasteiger partial charge in [0, 0.05) is 19.6 Å². The second kappa shape index (κ2) is 9.31. The van der Waals surface area contributed by atoms with Gasteiger partial charge in [0.1, 0.15) is 11.5 Å². The summed E-state index contributed by atoms with van der Waals surface area (Å²) in [5.74, 6) is 1.08. The van der Waals surface area contributed by atoms with Gasteiger partial charge in [-0.3, -0.25) is 4.52 Å². The molecule has 0 spiro atoms. The quantitative estimate of drug-likeness (QED) is 0.618. The third kappa shape index (κ3) is 4.84. The second-order valence-electron chi connectivity index (χ2n) is 7.49. The molecule has 29 heavy (non-hydrogen) atoms. The van der Waals surface area contributed by atoms with Crippen LogP contribution in [0.4, 0.5) is 0 Å². The number of aliphatic hydroxyl groups is 1. The van der Waals surface area contributed by atoms with Crippen LogP contribution >= 0.6 is 7.75 Å². The predicted octanol–water partition coefficient (Wildman–Crippen LogP) is 4.84. The number of benzene rings is 2. The number of ether oxygens (including phenoxy) is 1. The highest BCUT2D eigenvalue weighted by molar-refractivity contribution is 7.51. The first-order valence-electron chi connectivity index (χ1n) is 9.90. The average molecular weight is 419 g/mol. The van der Waals surface area contributed by atoms with E-state index in [9.17, 15) is 9.67 Å². The van der Waals surface area contributed by atoms with E-state index in [1.807, 2.05) is 42.5 Å². The van der Waals surface area contributed by atoms with Gasteiger partial charge in [0.15, 0.2) is 0 Å². The summed E-state index contributed by atoms with van der Waals surface area (Å²) in [6, 6.07) is 16.6. The molecule has 3 unspecified atom stereocenters. The zero-order valence-electron chi connectivity index (χ0n) is 17.3. The lowest BCUT2D eigenvalue weighted by atomic mass is 9.71. The molecule has 3 rings (SSSR count). The SMILES string of the molecule is COc1cccc(C2(O)CCCCC2CN(C)P(=O)(OC)Oc2ccccc2)c1. The zero-order chi connectivity index (χ0) is 20.9. The molecule has 3 atom stereocenters. The molecule has 2 aromatic rings. The van der Waals surface area contributed by atoms with E-state index in [2.05, 4.69) is 0 Å². The third-order valence-electron chi connectivity index (χ3n) is 5.70. The van der Waals surface area contributed by atoms with Crippen molar-refractivity contribution < 1.29 is 23.5 Å². The van der Waals surface area contributed by atoms with Crippen LogP contribution in [0.15, 0.2) is 54.6 Å². The lowest BCUT2D eigenvalue weighted by Gasteiger charge is -2.42. The first-order valence-corrected chi connectivity index (χ1v) is 11.4. The van der Waals surface area contributed by atoms with Gasteiger partial charge in [-0.2, -0.15) is 0 Å². The van der Waals surface area contributed by atoms with E-state index in [0.29, 0.717) is 24.5 Å². The van der Waals surface area contributed by atoms with Crippen molar-refractivity contribution >= 4 is 7.75 Å². The topological polar surface area (TPSA) is 68.2 Å². The summed E-state index contributed by atoms with van der Waals surface area (Å²) in [5, 5.41) is 11.6. The molecule has 1 aliphatic rings. The Morgan fingerprint density at radius 3 is 2.52 bits per heavy atom. The molecule has 0 aliphatic heterocycles. The fraction of sp³-hybridized carbons (Fsp3) is 0.455. The lowest BCUT2D eigenvalue weighted by Crippen LogP contribution is -2.43. The van der Waals surface area contributed by atoms with E-state index < -0.39 is 13.3 Å². The van der Waals surface area contributed by atoms with Gasteiger partial charge >= 0.3 is 7.75 Å². The van der Waals surface area contributed by atoms with E-state index in [0.717, 1.165) is 24.8 Å². The van der Waals surface area contributed by atoms with Crippen molar-refractivity contribution in [2.75, 3.05) is 27.8 Å². The van der Waals surface area contributed by atoms with Crippen molar-refractivity contribution in [3.05, 3.63) is 60.2 Å². The van der Waals surface area contributed by atoms with Gasteiger partial charge in [-0.05, 0) is 49.7 Å². The molecule has 1 N–H and O–H groups in total. The number of rotatable bonds is 8. The normalized spacial score (nSPS) is 24.1. The van der Waals surface area contributed by atoms with Crippen molar-refractivity contribution in [3.8, 4) is 11.5 Å². The van der Waals surface area contributed by atoms with Crippen molar-refractivity contribution in [1.29, 1.82) is 0 Å². The van der Waals surface area contributed by atoms with Crippen LogP contribution in [-0.2, 0) is 14.7 Å². The molecular weight excluding hydrogens is 389 g/mol. The lowest BCUT2D eigenvalue weighted by molar-refractivity contribution is -0.0596. The Labute approximate surface area is 173 Å². The Balaban J connectivity index is 1.82. The fourth-order valence-corrected chi connectivity index (χ4v) is 5.30. The summed E-state index contributed by atoms with van der Waals surface area (Å²) < 4.78 is 31.3. The monoisotopic (exact) mass is 419 g/mol. The van der Waals surface area contributed by atoms with Crippen LogP contribution in [0.3, 0.4) is 0 Å². The Hall–Kier alpha value is -1.85. The van der Waals surface area contributed by atoms with E-state index in [-0.39, 0.29) is 5.92 Å². The van der Waals surface area contributed by atoms with Crippen LogP contribution in [0, 0.1) is 5.92 Å². The summed E-state index contributed by atoms with van der Waals surface area (Å²) >= 11 is 0. The third-order valence-corrected chi connectivity index (χ3v) is 7.61. The Morgan fingerprint density at radius 1 is 1.10 bits per heavy atom. The largest absolute Gasteiger partial charge is 0.497 e. The van der Waals surface area contributed by atoms with E-state index in [4.69, 9.17) is 13.8 Å². The van der Waals surface area contributed by atoms with Crippen LogP contribution in [0.25, 0.3) is 0 Å². The number of hydrogen-bond acceptors (Lipinski definition) is 5. The minimum atomic E-state index is -3.55. The van der Waals surface area contributed by atoms with Crippen LogP contribution in [0.5, 0.6) is 11.5 Å². The smallest absolute Gasteiger partial charge is 0.460 e. The molecular formula is C22H30NO5P. The second-order valence-corrected chi connectivity index (χ2v) is 9.66. The highest BCUT2D eigenvalue weighted by atomic mass is 31.2. The first-order chi connectivity index (χ1) is 13.9. The van der Waals surface area contributed by atoms with Crippen LogP contribution in [0.2, 0.25) is 0 Å². The fourth-order valence-electron chi connectivity index (χ4n) is 4.02. The standard InChI is InChI=1S/C22H30NO5P/c1-23(29(25,27-3)28-20-12-5-4-6-13-20)17-19-10-7-8-15-22(19,24)18-11-9-14-21(16-18)26-2/h4-6,9,11-14,16,19,24H,7-8,10,15,17H2,1-3H3. The van der Waals surface area contributed by atoms with Gasteiger partial charge in [-0.1, -0.05) is 43.2 Å². The number of methoxy groups -OCH3 is 1. The molecule has 0 amide bonds. The highest BCUT2D eigenvalue weighted by Crippen LogP contribution is 2.52. The molecule has 0 heterocycles. The number of para-hydroxylation sites is 1. The predicted molar refractivity (Wildman–Crippen MR) is 113 cm³/mol. The summed E-state index contributed by atoms with van der Waals surface area (Å²) in [4.78, 5) is 0. The first kappa shape index (κ1) is 21.8. The molecule has 7 heteroatoms. The Morgan fingerprint density at radius 2 is 1.83 bits per heavy atom. The van der Waals surface area contributed by atoms with Crippen LogP contribution in [-0.4, -0.2) is 37.6 Å². The summed E-state index contributed by atoms with van der Waals surface area (Å²) in [7, 11) is 1.17. The van der Waals surface area contributed by atoms with Gasteiger partial charge in [0.05, 0.1) is 12.7 Å². The van der Waals surface area contributed by atoms with Crippen molar-refractivity contribution in [2.24, 2.45) is 5.92 Å². The minimum Gasteiger partial charge on any atom is -0.497 e. The van der Waals surface area contributed by atoms with Gasteiger partial charge in [0.2, 0.25) is 0 Å². The van der Waals surface area contributed by atoms with Crippen molar-refractivity contribution in [2.45, 2.75) is 31.3 Å². The average Bonchev–Trinajstić information content (AvgIpc) is 2.76. The molecule has 0 radical (unpaired) electrons. The maximum Gasteiger partial charge on any atom is 0.460 e. The molecule has 2 aromatic carbocycles. The van der Waals surface area contributed by atoms with E-state index in [1.54, 1.807) is 31.0 Å². The maximum absolute atomic E-state index is 13.4.